The molecule has 2 aromatic carbocycles. The zero-order chi connectivity index (χ0) is 16.1. The van der Waals surface area contributed by atoms with Gasteiger partial charge in [-0.2, -0.15) is 0 Å². The van der Waals surface area contributed by atoms with Crippen molar-refractivity contribution >= 4 is 35.5 Å². The van der Waals surface area contributed by atoms with Gasteiger partial charge in [0, 0.05) is 5.56 Å². The molecule has 22 heavy (non-hydrogen) atoms. The van der Waals surface area contributed by atoms with Gasteiger partial charge >= 0.3 is 5.97 Å². The highest BCUT2D eigenvalue weighted by molar-refractivity contribution is 6.34. The van der Waals surface area contributed by atoms with E-state index in [0.29, 0.717) is 18.5 Å². The molecular weight excluding hydrogens is 327 g/mol. The van der Waals surface area contributed by atoms with Crippen LogP contribution < -0.4 is 9.47 Å². The van der Waals surface area contributed by atoms with Gasteiger partial charge < -0.3 is 9.47 Å². The van der Waals surface area contributed by atoms with Gasteiger partial charge in [0.2, 0.25) is 0 Å². The SMILES string of the molecule is CCOc1cc(C=O)cc(Cl)c1OC(=O)c1ccccc1Cl. The fourth-order valence-electron chi connectivity index (χ4n) is 1.79. The van der Waals surface area contributed by atoms with Gasteiger partial charge in [0.05, 0.1) is 22.2 Å². The summed E-state index contributed by atoms with van der Waals surface area (Å²) in [5.74, 6) is -0.385. The minimum Gasteiger partial charge on any atom is -0.490 e. The summed E-state index contributed by atoms with van der Waals surface area (Å²) in [6.07, 6.45) is 0.633. The van der Waals surface area contributed by atoms with Crippen LogP contribution in [0.15, 0.2) is 36.4 Å². The van der Waals surface area contributed by atoms with Crippen molar-refractivity contribution in [2.75, 3.05) is 6.61 Å². The third-order valence-electron chi connectivity index (χ3n) is 2.76. The lowest BCUT2D eigenvalue weighted by molar-refractivity contribution is 0.0728. The standard InChI is InChI=1S/C16H12Cl2O4/c1-2-21-14-8-10(9-19)7-13(18)15(14)22-16(20)11-5-3-4-6-12(11)17/h3-9H,2H2,1H3. The highest BCUT2D eigenvalue weighted by Gasteiger charge is 2.19. The molecule has 2 rings (SSSR count). The third-order valence-corrected chi connectivity index (χ3v) is 3.37. The quantitative estimate of drug-likeness (QED) is 0.460. The van der Waals surface area contributed by atoms with Crippen LogP contribution in [0.2, 0.25) is 10.0 Å². The van der Waals surface area contributed by atoms with E-state index in [-0.39, 0.29) is 27.1 Å². The predicted octanol–water partition coefficient (Wildman–Crippen LogP) is 4.42. The number of hydrogen-bond acceptors (Lipinski definition) is 4. The number of hydrogen-bond donors (Lipinski definition) is 0. The van der Waals surface area contributed by atoms with Gasteiger partial charge in [-0.05, 0) is 31.2 Å². The van der Waals surface area contributed by atoms with E-state index < -0.39 is 5.97 Å². The van der Waals surface area contributed by atoms with Crippen LogP contribution in [0, 0.1) is 0 Å². The number of ether oxygens (including phenoxy) is 2. The van der Waals surface area contributed by atoms with Crippen molar-refractivity contribution in [3.8, 4) is 11.5 Å². The number of aldehydes is 1. The van der Waals surface area contributed by atoms with Crippen LogP contribution >= 0.6 is 23.2 Å². The molecule has 0 bridgehead atoms. The van der Waals surface area contributed by atoms with Crippen molar-refractivity contribution in [3.63, 3.8) is 0 Å². The van der Waals surface area contributed by atoms with Gasteiger partial charge in [-0.25, -0.2) is 4.79 Å². The number of benzene rings is 2. The molecule has 0 aliphatic rings. The van der Waals surface area contributed by atoms with Gasteiger partial charge in [0.15, 0.2) is 11.5 Å². The molecule has 0 saturated carbocycles. The number of esters is 1. The maximum Gasteiger partial charge on any atom is 0.345 e. The molecule has 0 radical (unpaired) electrons. The Morgan fingerprint density at radius 1 is 1.18 bits per heavy atom. The van der Waals surface area contributed by atoms with Gasteiger partial charge in [0.1, 0.15) is 6.29 Å². The number of halogens is 2. The van der Waals surface area contributed by atoms with Crippen LogP contribution in [0.3, 0.4) is 0 Å². The lowest BCUT2D eigenvalue weighted by atomic mass is 10.2. The summed E-state index contributed by atoms with van der Waals surface area (Å²) in [4.78, 5) is 23.1. The molecule has 114 valence electrons. The van der Waals surface area contributed by atoms with E-state index in [2.05, 4.69) is 0 Å². The second-order valence-electron chi connectivity index (χ2n) is 4.25. The first kappa shape index (κ1) is 16.3. The van der Waals surface area contributed by atoms with Crippen LogP contribution in [-0.2, 0) is 0 Å². The number of rotatable bonds is 5. The summed E-state index contributed by atoms with van der Waals surface area (Å²) in [5, 5.41) is 0.375. The van der Waals surface area contributed by atoms with E-state index in [9.17, 15) is 9.59 Å². The monoisotopic (exact) mass is 338 g/mol. The van der Waals surface area contributed by atoms with E-state index in [0.717, 1.165) is 0 Å². The molecule has 0 amide bonds. The summed E-state index contributed by atoms with van der Waals surface area (Å²) < 4.78 is 10.7. The van der Waals surface area contributed by atoms with Crippen LogP contribution in [0.25, 0.3) is 0 Å². The Morgan fingerprint density at radius 2 is 1.91 bits per heavy atom. The number of carbonyl (C=O) groups excluding carboxylic acids is 2. The Morgan fingerprint density at radius 3 is 2.55 bits per heavy atom. The van der Waals surface area contributed by atoms with Gasteiger partial charge in [-0.1, -0.05) is 35.3 Å². The Hall–Kier alpha value is -2.04. The summed E-state index contributed by atoms with van der Waals surface area (Å²) >= 11 is 12.0. The first-order chi connectivity index (χ1) is 10.6. The fraction of sp³-hybridized carbons (Fsp3) is 0.125. The molecule has 0 aliphatic carbocycles. The molecule has 0 heterocycles. The summed E-state index contributed by atoms with van der Waals surface area (Å²) in [7, 11) is 0. The van der Waals surface area contributed by atoms with Crippen LogP contribution in [0.1, 0.15) is 27.6 Å². The van der Waals surface area contributed by atoms with Crippen molar-refractivity contribution in [3.05, 3.63) is 57.6 Å². The highest BCUT2D eigenvalue weighted by atomic mass is 35.5. The van der Waals surface area contributed by atoms with Crippen LogP contribution in [0.4, 0.5) is 0 Å². The van der Waals surface area contributed by atoms with Gasteiger partial charge in [0.25, 0.3) is 0 Å². The highest BCUT2D eigenvalue weighted by Crippen LogP contribution is 2.37. The Kier molecular flexibility index (Phi) is 5.41. The second-order valence-corrected chi connectivity index (χ2v) is 5.06. The van der Waals surface area contributed by atoms with E-state index in [1.807, 2.05) is 0 Å². The lowest BCUT2D eigenvalue weighted by Crippen LogP contribution is -2.11. The zero-order valence-corrected chi connectivity index (χ0v) is 13.1. The van der Waals surface area contributed by atoms with Crippen molar-refractivity contribution < 1.29 is 19.1 Å². The molecule has 0 unspecified atom stereocenters. The van der Waals surface area contributed by atoms with Crippen molar-refractivity contribution in [1.29, 1.82) is 0 Å². The maximum absolute atomic E-state index is 12.2. The Bertz CT molecular complexity index is 713. The van der Waals surface area contributed by atoms with Crippen LogP contribution in [-0.4, -0.2) is 18.9 Å². The van der Waals surface area contributed by atoms with E-state index >= 15 is 0 Å². The second kappa shape index (κ2) is 7.29. The van der Waals surface area contributed by atoms with E-state index in [1.54, 1.807) is 31.2 Å². The molecule has 0 spiro atoms. The molecule has 0 aromatic heterocycles. The Balaban J connectivity index is 2.38. The maximum atomic E-state index is 12.2. The molecule has 2 aromatic rings. The number of carbonyl (C=O) groups is 2. The largest absolute Gasteiger partial charge is 0.490 e. The molecule has 0 aliphatic heterocycles. The molecule has 0 atom stereocenters. The van der Waals surface area contributed by atoms with E-state index in [1.165, 1.54) is 12.1 Å². The summed E-state index contributed by atoms with van der Waals surface area (Å²) in [6, 6.07) is 9.35. The zero-order valence-electron chi connectivity index (χ0n) is 11.6. The van der Waals surface area contributed by atoms with Gasteiger partial charge in [-0.15, -0.1) is 0 Å². The molecule has 6 heteroatoms. The third kappa shape index (κ3) is 3.59. The van der Waals surface area contributed by atoms with Crippen molar-refractivity contribution in [2.45, 2.75) is 6.92 Å². The first-order valence-electron chi connectivity index (χ1n) is 6.45. The van der Waals surface area contributed by atoms with Crippen LogP contribution in [0.5, 0.6) is 11.5 Å². The van der Waals surface area contributed by atoms with Crippen molar-refractivity contribution in [1.82, 2.24) is 0 Å². The smallest absolute Gasteiger partial charge is 0.345 e. The van der Waals surface area contributed by atoms with E-state index in [4.69, 9.17) is 32.7 Å². The molecule has 4 nitrogen and oxygen atoms in total. The summed E-state index contributed by atoms with van der Waals surface area (Å²) in [5.41, 5.74) is 0.535. The molecule has 0 fully saturated rings. The average Bonchev–Trinajstić information content (AvgIpc) is 2.50. The normalized spacial score (nSPS) is 10.1. The minimum absolute atomic E-state index is 0.0547. The Labute approximate surface area is 137 Å². The topological polar surface area (TPSA) is 52.6 Å². The van der Waals surface area contributed by atoms with Gasteiger partial charge in [-0.3, -0.25) is 4.79 Å². The lowest BCUT2D eigenvalue weighted by Gasteiger charge is -2.13. The predicted molar refractivity (Wildman–Crippen MR) is 84.4 cm³/mol. The average molecular weight is 339 g/mol. The van der Waals surface area contributed by atoms with Crippen molar-refractivity contribution in [2.24, 2.45) is 0 Å². The summed E-state index contributed by atoms with van der Waals surface area (Å²) in [6.45, 7) is 2.09. The molecular formula is C16H12Cl2O4. The first-order valence-corrected chi connectivity index (χ1v) is 7.20. The minimum atomic E-state index is -0.660. The molecule has 0 N–H and O–H groups in total. The molecule has 0 saturated heterocycles. The fourth-order valence-corrected chi connectivity index (χ4v) is 2.26.